The number of amides is 2. The van der Waals surface area contributed by atoms with Crippen molar-refractivity contribution < 1.29 is 22.8 Å². The van der Waals surface area contributed by atoms with Crippen LogP contribution in [0, 0.1) is 11.3 Å². The van der Waals surface area contributed by atoms with Crippen LogP contribution in [0.15, 0.2) is 54.2 Å². The molecule has 0 spiro atoms. The maximum Gasteiger partial charge on any atom is 0.417 e. The number of hydrogen-bond donors (Lipinski definition) is 2. The van der Waals surface area contributed by atoms with Gasteiger partial charge < -0.3 is 11.1 Å². The van der Waals surface area contributed by atoms with Gasteiger partial charge >= 0.3 is 6.18 Å². The van der Waals surface area contributed by atoms with Crippen LogP contribution in [-0.2, 0) is 15.8 Å². The summed E-state index contributed by atoms with van der Waals surface area (Å²) >= 11 is 5.54. The molecule has 0 fully saturated rings. The lowest BCUT2D eigenvalue weighted by Gasteiger charge is -2.17. The fourth-order valence-electron chi connectivity index (χ4n) is 2.31. The SMILES string of the molecule is CC(=O)N(/C=C(/C#N)C(=O)Nc1ccc(Cl)c(C(F)(F)F)c1)c1cccc(N)c1. The summed E-state index contributed by atoms with van der Waals surface area (Å²) in [4.78, 5) is 25.3. The molecule has 0 heterocycles. The number of rotatable bonds is 4. The van der Waals surface area contributed by atoms with Gasteiger partial charge in [0.05, 0.1) is 16.3 Å². The third-order valence-corrected chi connectivity index (χ3v) is 3.97. The van der Waals surface area contributed by atoms with Crippen molar-refractivity contribution in [3.05, 3.63) is 64.8 Å². The minimum absolute atomic E-state index is 0.216. The van der Waals surface area contributed by atoms with Gasteiger partial charge in [0.1, 0.15) is 11.6 Å². The van der Waals surface area contributed by atoms with E-state index < -0.39 is 34.1 Å². The molecule has 2 aromatic carbocycles. The number of anilines is 3. The molecule has 0 radical (unpaired) electrons. The van der Waals surface area contributed by atoms with Gasteiger partial charge in [-0.25, -0.2) is 0 Å². The monoisotopic (exact) mass is 422 g/mol. The van der Waals surface area contributed by atoms with Crippen LogP contribution < -0.4 is 16.0 Å². The minimum Gasteiger partial charge on any atom is -0.399 e. The number of carbonyl (C=O) groups is 2. The number of benzene rings is 2. The summed E-state index contributed by atoms with van der Waals surface area (Å²) < 4.78 is 38.9. The van der Waals surface area contributed by atoms with Crippen molar-refractivity contribution in [2.24, 2.45) is 0 Å². The number of nitriles is 1. The molecule has 29 heavy (non-hydrogen) atoms. The zero-order valence-corrected chi connectivity index (χ0v) is 15.7. The molecule has 0 aliphatic carbocycles. The number of hydrogen-bond acceptors (Lipinski definition) is 4. The third kappa shape index (κ3) is 5.49. The van der Waals surface area contributed by atoms with Crippen molar-refractivity contribution in [3.63, 3.8) is 0 Å². The maximum absolute atomic E-state index is 13.0. The molecule has 0 aromatic heterocycles. The smallest absolute Gasteiger partial charge is 0.399 e. The molecular weight excluding hydrogens is 409 g/mol. The van der Waals surface area contributed by atoms with E-state index in [0.717, 1.165) is 23.2 Å². The molecule has 2 amide bonds. The van der Waals surface area contributed by atoms with Crippen molar-refractivity contribution in [1.82, 2.24) is 0 Å². The Bertz CT molecular complexity index is 1030. The summed E-state index contributed by atoms with van der Waals surface area (Å²) in [6.07, 6.45) is -3.74. The quantitative estimate of drug-likeness (QED) is 0.435. The van der Waals surface area contributed by atoms with E-state index in [1.165, 1.54) is 19.1 Å². The van der Waals surface area contributed by atoms with E-state index in [1.54, 1.807) is 18.2 Å². The van der Waals surface area contributed by atoms with Crippen molar-refractivity contribution in [2.45, 2.75) is 13.1 Å². The van der Waals surface area contributed by atoms with E-state index >= 15 is 0 Å². The number of nitrogen functional groups attached to an aromatic ring is 1. The van der Waals surface area contributed by atoms with Gasteiger partial charge in [0, 0.05) is 24.5 Å². The van der Waals surface area contributed by atoms with E-state index in [4.69, 9.17) is 17.3 Å². The maximum atomic E-state index is 13.0. The molecule has 150 valence electrons. The van der Waals surface area contributed by atoms with E-state index in [-0.39, 0.29) is 5.69 Å². The van der Waals surface area contributed by atoms with Crippen LogP contribution in [0.25, 0.3) is 0 Å². The Morgan fingerprint density at radius 1 is 1.24 bits per heavy atom. The molecule has 3 N–H and O–H groups in total. The van der Waals surface area contributed by atoms with Gasteiger partial charge in [-0.05, 0) is 36.4 Å². The summed E-state index contributed by atoms with van der Waals surface area (Å²) in [5.74, 6) is -1.51. The topological polar surface area (TPSA) is 99.2 Å². The third-order valence-electron chi connectivity index (χ3n) is 3.64. The molecular formula is C19H14ClF3N4O2. The molecule has 2 aromatic rings. The summed E-state index contributed by atoms with van der Waals surface area (Å²) in [7, 11) is 0. The lowest BCUT2D eigenvalue weighted by molar-refractivity contribution is -0.137. The van der Waals surface area contributed by atoms with Gasteiger partial charge in [-0.2, -0.15) is 18.4 Å². The Morgan fingerprint density at radius 2 is 1.93 bits per heavy atom. The Kier molecular flexibility index (Phi) is 6.51. The van der Waals surface area contributed by atoms with Crippen LogP contribution in [-0.4, -0.2) is 11.8 Å². The molecule has 0 saturated carbocycles. The van der Waals surface area contributed by atoms with Gasteiger partial charge in [0.25, 0.3) is 5.91 Å². The number of nitrogens with two attached hydrogens (primary N) is 1. The van der Waals surface area contributed by atoms with E-state index in [9.17, 15) is 28.0 Å². The van der Waals surface area contributed by atoms with Gasteiger partial charge in [0.15, 0.2) is 0 Å². The molecule has 6 nitrogen and oxygen atoms in total. The van der Waals surface area contributed by atoms with Crippen molar-refractivity contribution in [3.8, 4) is 6.07 Å². The second-order valence-corrected chi connectivity index (χ2v) is 6.19. The molecule has 2 rings (SSSR count). The summed E-state index contributed by atoms with van der Waals surface area (Å²) in [6, 6.07) is 10.6. The Balaban J connectivity index is 2.35. The first-order valence-corrected chi connectivity index (χ1v) is 8.36. The minimum atomic E-state index is -4.72. The molecule has 10 heteroatoms. The summed E-state index contributed by atoms with van der Waals surface area (Å²) in [5.41, 5.74) is 4.48. The second kappa shape index (κ2) is 8.67. The highest BCUT2D eigenvalue weighted by molar-refractivity contribution is 6.31. The molecule has 0 bridgehead atoms. The first-order valence-electron chi connectivity index (χ1n) is 7.98. The average molecular weight is 423 g/mol. The van der Waals surface area contributed by atoms with Crippen LogP contribution in [0.5, 0.6) is 0 Å². The highest BCUT2D eigenvalue weighted by Gasteiger charge is 2.33. The Morgan fingerprint density at radius 3 is 2.48 bits per heavy atom. The fraction of sp³-hybridized carbons (Fsp3) is 0.105. The van der Waals surface area contributed by atoms with Crippen LogP contribution in [0.2, 0.25) is 5.02 Å². The number of nitrogens with zero attached hydrogens (tertiary/aromatic N) is 2. The fourth-order valence-corrected chi connectivity index (χ4v) is 2.53. The van der Waals surface area contributed by atoms with E-state index in [0.29, 0.717) is 17.4 Å². The largest absolute Gasteiger partial charge is 0.417 e. The zero-order valence-electron chi connectivity index (χ0n) is 14.9. The van der Waals surface area contributed by atoms with Crippen molar-refractivity contribution in [2.75, 3.05) is 16.0 Å². The van der Waals surface area contributed by atoms with Gasteiger partial charge in [-0.15, -0.1) is 0 Å². The predicted molar refractivity (Wildman–Crippen MR) is 103 cm³/mol. The highest BCUT2D eigenvalue weighted by atomic mass is 35.5. The first-order chi connectivity index (χ1) is 13.5. The molecule has 0 unspecified atom stereocenters. The lowest BCUT2D eigenvalue weighted by atomic mass is 10.1. The summed E-state index contributed by atoms with van der Waals surface area (Å²) in [6.45, 7) is 1.21. The standard InChI is InChI=1S/C19H14ClF3N4O2/c1-11(28)27(15-4-2-3-13(25)7-15)10-12(9-24)18(29)26-14-5-6-17(20)16(8-14)19(21,22)23/h2-8,10H,25H2,1H3,(H,26,29)/b12-10-. The predicted octanol–water partition coefficient (Wildman–Crippen LogP) is 4.34. The number of halogens is 4. The molecule has 0 aliphatic heterocycles. The zero-order chi connectivity index (χ0) is 21.8. The van der Waals surface area contributed by atoms with E-state index in [1.807, 2.05) is 0 Å². The molecule has 0 saturated heterocycles. The number of carbonyl (C=O) groups excluding carboxylic acids is 2. The lowest BCUT2D eigenvalue weighted by Crippen LogP contribution is -2.25. The molecule has 0 aliphatic rings. The highest BCUT2D eigenvalue weighted by Crippen LogP contribution is 2.36. The van der Waals surface area contributed by atoms with Crippen LogP contribution in [0.4, 0.5) is 30.2 Å². The van der Waals surface area contributed by atoms with Crippen LogP contribution in [0.1, 0.15) is 12.5 Å². The normalized spacial score (nSPS) is 11.5. The van der Waals surface area contributed by atoms with Gasteiger partial charge in [0.2, 0.25) is 5.91 Å². The van der Waals surface area contributed by atoms with E-state index in [2.05, 4.69) is 5.32 Å². The summed E-state index contributed by atoms with van der Waals surface area (Å²) in [5, 5.41) is 10.9. The van der Waals surface area contributed by atoms with Gasteiger partial charge in [-0.3, -0.25) is 14.5 Å². The number of nitrogens with one attached hydrogen (secondary N) is 1. The Labute approximate surface area is 169 Å². The Hall–Kier alpha value is -3.51. The van der Waals surface area contributed by atoms with Gasteiger partial charge in [-0.1, -0.05) is 17.7 Å². The second-order valence-electron chi connectivity index (χ2n) is 5.79. The molecule has 0 atom stereocenters. The van der Waals surface area contributed by atoms with Crippen LogP contribution >= 0.6 is 11.6 Å². The van der Waals surface area contributed by atoms with Crippen LogP contribution in [0.3, 0.4) is 0 Å². The van der Waals surface area contributed by atoms with Crippen molar-refractivity contribution >= 4 is 40.5 Å². The first kappa shape index (κ1) is 21.8. The average Bonchev–Trinajstić information content (AvgIpc) is 2.62. The number of alkyl halides is 3. The van der Waals surface area contributed by atoms with Crippen molar-refractivity contribution in [1.29, 1.82) is 5.26 Å².